The summed E-state index contributed by atoms with van der Waals surface area (Å²) in [5, 5.41) is 9.03. The van der Waals surface area contributed by atoms with Gasteiger partial charge < -0.3 is 4.74 Å². The topological polar surface area (TPSA) is 33.0 Å². The normalized spacial score (nSPS) is 10.8. The van der Waals surface area contributed by atoms with Crippen molar-refractivity contribution in [3.63, 3.8) is 0 Å². The lowest BCUT2D eigenvalue weighted by Crippen LogP contribution is -1.96. The first kappa shape index (κ1) is 10.9. The second-order valence-corrected chi connectivity index (χ2v) is 3.19. The number of nitriles is 1. The van der Waals surface area contributed by atoms with E-state index in [9.17, 15) is 0 Å². The zero-order chi connectivity index (χ0) is 10.4. The number of nitrogens with zero attached hydrogens (tertiary/aromatic N) is 1. The minimum Gasteiger partial charge on any atom is -0.488 e. The van der Waals surface area contributed by atoms with Crippen LogP contribution in [-0.2, 0) is 0 Å². The molecule has 0 spiro atoms. The molecule has 0 aliphatic heterocycles. The molecule has 0 saturated carbocycles. The largest absolute Gasteiger partial charge is 0.488 e. The van der Waals surface area contributed by atoms with E-state index in [1.54, 1.807) is 24.3 Å². The molecule has 1 aromatic rings. The van der Waals surface area contributed by atoms with Crippen LogP contribution in [0.15, 0.2) is 34.8 Å². The van der Waals surface area contributed by atoms with E-state index in [0.717, 1.165) is 0 Å². The lowest BCUT2D eigenvalue weighted by molar-refractivity contribution is 0.359. The molecule has 1 rings (SSSR count). The molecular weight excluding hydrogens is 221 g/mol. The quantitative estimate of drug-likeness (QED) is 0.795. The summed E-state index contributed by atoms with van der Waals surface area (Å²) in [5.41, 5.74) is 1.80. The average Bonchev–Trinajstić information content (AvgIpc) is 2.26. The zero-order valence-corrected chi connectivity index (χ0v) is 8.72. The Morgan fingerprint density at radius 1 is 1.57 bits per heavy atom. The van der Waals surface area contributed by atoms with Crippen molar-refractivity contribution < 1.29 is 4.74 Å². The van der Waals surface area contributed by atoms with E-state index in [1.807, 2.05) is 6.07 Å². The van der Waals surface area contributed by atoms with E-state index in [0.29, 0.717) is 16.3 Å². The molecular formula is C10H7Cl2NO. The summed E-state index contributed by atoms with van der Waals surface area (Å²) in [6, 6.07) is 8.84. The van der Waals surface area contributed by atoms with E-state index in [1.165, 1.54) is 5.54 Å². The van der Waals surface area contributed by atoms with Crippen LogP contribution in [0, 0.1) is 11.3 Å². The molecule has 14 heavy (non-hydrogen) atoms. The first-order valence-electron chi connectivity index (χ1n) is 3.84. The molecule has 0 bridgehead atoms. The summed E-state index contributed by atoms with van der Waals surface area (Å²) in [4.78, 5) is 0. The van der Waals surface area contributed by atoms with Crippen LogP contribution >= 0.6 is 23.2 Å². The highest BCUT2D eigenvalue weighted by Crippen LogP contribution is 2.14. The first-order chi connectivity index (χ1) is 6.76. The predicted octanol–water partition coefficient (Wildman–Crippen LogP) is 3.26. The van der Waals surface area contributed by atoms with Gasteiger partial charge in [0.25, 0.3) is 0 Å². The van der Waals surface area contributed by atoms with Crippen molar-refractivity contribution >= 4 is 23.2 Å². The van der Waals surface area contributed by atoms with Crippen molar-refractivity contribution in [2.24, 2.45) is 0 Å². The molecule has 0 saturated heterocycles. The molecule has 0 N–H and O–H groups in total. The summed E-state index contributed by atoms with van der Waals surface area (Å²) in [7, 11) is 0. The molecule has 0 fully saturated rings. The number of hydrogen-bond donors (Lipinski definition) is 0. The third kappa shape index (κ3) is 3.29. The third-order valence-electron chi connectivity index (χ3n) is 1.46. The minimum atomic E-state index is 0.208. The minimum absolute atomic E-state index is 0.208. The SMILES string of the molecule is N#Cc1cccc(OCC(Cl)=CCl)c1. The number of benzene rings is 1. The van der Waals surface area contributed by atoms with Crippen LogP contribution in [0.1, 0.15) is 5.56 Å². The van der Waals surface area contributed by atoms with Gasteiger partial charge in [0.2, 0.25) is 0 Å². The standard InChI is InChI=1S/C10H7Cl2NO/c11-5-9(12)7-14-10-3-1-2-8(4-10)6-13/h1-5H,7H2. The van der Waals surface area contributed by atoms with Gasteiger partial charge in [-0.1, -0.05) is 29.3 Å². The average molecular weight is 228 g/mol. The summed E-state index contributed by atoms with van der Waals surface area (Å²) in [6.45, 7) is 0.208. The summed E-state index contributed by atoms with van der Waals surface area (Å²) in [6.07, 6.45) is 0. The molecule has 72 valence electrons. The van der Waals surface area contributed by atoms with Gasteiger partial charge in [-0.05, 0) is 18.2 Å². The van der Waals surface area contributed by atoms with Gasteiger partial charge in [0, 0.05) is 5.54 Å². The molecule has 0 aliphatic rings. The fourth-order valence-electron chi connectivity index (χ4n) is 0.839. The Kier molecular flexibility index (Phi) is 4.31. The third-order valence-corrected chi connectivity index (χ3v) is 2.05. The molecule has 4 heteroatoms. The highest BCUT2D eigenvalue weighted by molar-refractivity contribution is 6.36. The van der Waals surface area contributed by atoms with E-state index in [4.69, 9.17) is 33.2 Å². The highest BCUT2D eigenvalue weighted by atomic mass is 35.5. The van der Waals surface area contributed by atoms with Crippen LogP contribution in [-0.4, -0.2) is 6.61 Å². The van der Waals surface area contributed by atoms with Gasteiger partial charge in [0.05, 0.1) is 16.7 Å². The van der Waals surface area contributed by atoms with E-state index in [-0.39, 0.29) is 6.61 Å². The van der Waals surface area contributed by atoms with Crippen molar-refractivity contribution in [1.82, 2.24) is 0 Å². The van der Waals surface area contributed by atoms with Gasteiger partial charge in [-0.25, -0.2) is 0 Å². The van der Waals surface area contributed by atoms with Gasteiger partial charge in [-0.15, -0.1) is 0 Å². The van der Waals surface area contributed by atoms with Crippen LogP contribution in [0.3, 0.4) is 0 Å². The molecule has 2 nitrogen and oxygen atoms in total. The lowest BCUT2D eigenvalue weighted by Gasteiger charge is -2.04. The molecule has 0 amide bonds. The molecule has 0 radical (unpaired) electrons. The van der Waals surface area contributed by atoms with Gasteiger partial charge >= 0.3 is 0 Å². The Hall–Kier alpha value is -1.17. The van der Waals surface area contributed by atoms with Crippen LogP contribution in [0.2, 0.25) is 0 Å². The molecule has 0 heterocycles. The number of ether oxygens (including phenoxy) is 1. The Morgan fingerprint density at radius 3 is 3.00 bits per heavy atom. The molecule has 0 atom stereocenters. The Balaban J connectivity index is 2.64. The Morgan fingerprint density at radius 2 is 2.36 bits per heavy atom. The lowest BCUT2D eigenvalue weighted by atomic mass is 10.2. The Bertz CT molecular complexity index is 382. The van der Waals surface area contributed by atoms with Crippen LogP contribution < -0.4 is 4.74 Å². The van der Waals surface area contributed by atoms with Crippen LogP contribution in [0.5, 0.6) is 5.75 Å². The van der Waals surface area contributed by atoms with Gasteiger partial charge in [0.1, 0.15) is 12.4 Å². The van der Waals surface area contributed by atoms with Crippen molar-refractivity contribution in [3.05, 3.63) is 40.4 Å². The van der Waals surface area contributed by atoms with Crippen molar-refractivity contribution in [3.8, 4) is 11.8 Å². The first-order valence-corrected chi connectivity index (χ1v) is 4.65. The molecule has 0 aromatic heterocycles. The maximum atomic E-state index is 8.62. The zero-order valence-electron chi connectivity index (χ0n) is 7.21. The van der Waals surface area contributed by atoms with Gasteiger partial charge in [-0.2, -0.15) is 5.26 Å². The fraction of sp³-hybridized carbons (Fsp3) is 0.100. The van der Waals surface area contributed by atoms with E-state index in [2.05, 4.69) is 0 Å². The Labute approximate surface area is 92.3 Å². The second kappa shape index (κ2) is 5.54. The van der Waals surface area contributed by atoms with Gasteiger partial charge in [0.15, 0.2) is 0 Å². The van der Waals surface area contributed by atoms with Crippen LogP contribution in [0.25, 0.3) is 0 Å². The second-order valence-electron chi connectivity index (χ2n) is 2.48. The number of halogens is 2. The summed E-state index contributed by atoms with van der Waals surface area (Å²) in [5.74, 6) is 0.598. The maximum Gasteiger partial charge on any atom is 0.125 e. The molecule has 1 aromatic carbocycles. The highest BCUT2D eigenvalue weighted by Gasteiger charge is 1.97. The number of rotatable bonds is 3. The van der Waals surface area contributed by atoms with Crippen molar-refractivity contribution in [1.29, 1.82) is 5.26 Å². The number of hydrogen-bond acceptors (Lipinski definition) is 2. The summed E-state index contributed by atoms with van der Waals surface area (Å²) >= 11 is 11.0. The van der Waals surface area contributed by atoms with Crippen molar-refractivity contribution in [2.75, 3.05) is 6.61 Å². The van der Waals surface area contributed by atoms with E-state index < -0.39 is 0 Å². The predicted molar refractivity (Wildman–Crippen MR) is 56.4 cm³/mol. The van der Waals surface area contributed by atoms with Crippen molar-refractivity contribution in [2.45, 2.75) is 0 Å². The van der Waals surface area contributed by atoms with Gasteiger partial charge in [-0.3, -0.25) is 0 Å². The fourth-order valence-corrected chi connectivity index (χ4v) is 0.957. The molecule has 0 aliphatic carbocycles. The smallest absolute Gasteiger partial charge is 0.125 e. The monoisotopic (exact) mass is 227 g/mol. The summed E-state index contributed by atoms with van der Waals surface area (Å²) < 4.78 is 5.27. The van der Waals surface area contributed by atoms with E-state index >= 15 is 0 Å². The van der Waals surface area contributed by atoms with Crippen LogP contribution in [0.4, 0.5) is 0 Å². The molecule has 0 unspecified atom stereocenters. The maximum absolute atomic E-state index is 8.62.